The van der Waals surface area contributed by atoms with Crippen LogP contribution in [0.5, 0.6) is 0 Å². The summed E-state index contributed by atoms with van der Waals surface area (Å²) < 4.78 is 40.7. The second kappa shape index (κ2) is 7.07. The second-order valence-electron chi connectivity index (χ2n) is 7.94. The van der Waals surface area contributed by atoms with Crippen molar-refractivity contribution in [1.82, 2.24) is 19.7 Å². The van der Waals surface area contributed by atoms with Crippen molar-refractivity contribution in [1.29, 1.82) is 0 Å². The SMILES string of the molecule is O=c1c2ccccc2nc(C2CCCN2c2ccc(C3CC3)nn2)n1CC(F)(F)F. The van der Waals surface area contributed by atoms with Crippen LogP contribution in [0.15, 0.2) is 41.2 Å². The number of anilines is 1. The van der Waals surface area contributed by atoms with Gasteiger partial charge in [0.25, 0.3) is 5.56 Å². The summed E-state index contributed by atoms with van der Waals surface area (Å²) in [6.45, 7) is -0.744. The van der Waals surface area contributed by atoms with Crippen molar-refractivity contribution in [3.05, 3.63) is 58.3 Å². The third kappa shape index (κ3) is 3.53. The first-order valence-corrected chi connectivity index (χ1v) is 10.1. The molecule has 1 atom stereocenters. The van der Waals surface area contributed by atoms with Gasteiger partial charge in [0.2, 0.25) is 0 Å². The standard InChI is InChI=1S/C21H20F3N5O/c22-21(23,24)12-29-19(25-16-5-2-1-4-14(16)20(29)30)17-6-3-11-28(17)18-10-9-15(26-27-18)13-7-8-13/h1-2,4-5,9-10,13,17H,3,6-8,11-12H2. The van der Waals surface area contributed by atoms with Gasteiger partial charge in [0.1, 0.15) is 12.4 Å². The van der Waals surface area contributed by atoms with Gasteiger partial charge in [0, 0.05) is 12.5 Å². The normalized spacial score (nSPS) is 19.6. The Labute approximate surface area is 170 Å². The highest BCUT2D eigenvalue weighted by molar-refractivity contribution is 5.77. The summed E-state index contributed by atoms with van der Waals surface area (Å²) >= 11 is 0. The molecule has 1 saturated carbocycles. The summed E-state index contributed by atoms with van der Waals surface area (Å²) in [5.74, 6) is 1.20. The van der Waals surface area contributed by atoms with Gasteiger partial charge in [-0.1, -0.05) is 12.1 Å². The molecule has 5 rings (SSSR count). The van der Waals surface area contributed by atoms with E-state index in [0.717, 1.165) is 29.5 Å². The Morgan fingerprint density at radius 3 is 2.53 bits per heavy atom. The number of hydrogen-bond donors (Lipinski definition) is 0. The number of halogens is 3. The molecule has 2 aromatic heterocycles. The number of benzene rings is 1. The Balaban J connectivity index is 1.59. The maximum Gasteiger partial charge on any atom is 0.406 e. The van der Waals surface area contributed by atoms with Crippen LogP contribution in [0.2, 0.25) is 0 Å². The van der Waals surface area contributed by atoms with E-state index in [1.165, 1.54) is 6.07 Å². The number of fused-ring (bicyclic) bond motifs is 1. The summed E-state index contributed by atoms with van der Waals surface area (Å²) in [4.78, 5) is 19.3. The smallest absolute Gasteiger partial charge is 0.345 e. The molecule has 0 bridgehead atoms. The number of nitrogens with zero attached hydrogens (tertiary/aromatic N) is 5. The average molecular weight is 415 g/mol. The maximum absolute atomic E-state index is 13.3. The number of hydrogen-bond acceptors (Lipinski definition) is 5. The molecule has 9 heteroatoms. The minimum absolute atomic E-state index is 0.126. The van der Waals surface area contributed by atoms with E-state index in [-0.39, 0.29) is 11.2 Å². The van der Waals surface area contributed by atoms with Gasteiger partial charge in [0.05, 0.1) is 22.6 Å². The average Bonchev–Trinajstić information content (AvgIpc) is 3.46. The lowest BCUT2D eigenvalue weighted by Gasteiger charge is -2.27. The van der Waals surface area contributed by atoms with Crippen LogP contribution in [0.4, 0.5) is 19.0 Å². The van der Waals surface area contributed by atoms with Crippen molar-refractivity contribution in [2.45, 2.75) is 50.4 Å². The minimum atomic E-state index is -4.53. The zero-order valence-electron chi connectivity index (χ0n) is 16.1. The summed E-state index contributed by atoms with van der Waals surface area (Å²) in [7, 11) is 0. The molecule has 1 unspecified atom stereocenters. The monoisotopic (exact) mass is 415 g/mol. The molecule has 2 aliphatic rings. The van der Waals surface area contributed by atoms with Gasteiger partial charge in [-0.3, -0.25) is 9.36 Å². The van der Waals surface area contributed by atoms with Crippen molar-refractivity contribution in [3.8, 4) is 0 Å². The lowest BCUT2D eigenvalue weighted by atomic mass is 10.1. The van der Waals surface area contributed by atoms with Crippen LogP contribution >= 0.6 is 0 Å². The quantitative estimate of drug-likeness (QED) is 0.645. The molecule has 3 aromatic rings. The Kier molecular flexibility index (Phi) is 4.48. The number of alkyl halides is 3. The van der Waals surface area contributed by atoms with Crippen molar-refractivity contribution in [2.24, 2.45) is 0 Å². The van der Waals surface area contributed by atoms with Gasteiger partial charge < -0.3 is 4.90 Å². The van der Waals surface area contributed by atoms with E-state index in [4.69, 9.17) is 0 Å². The highest BCUT2D eigenvalue weighted by Gasteiger charge is 2.36. The topological polar surface area (TPSA) is 63.9 Å². The predicted molar refractivity (Wildman–Crippen MR) is 105 cm³/mol. The van der Waals surface area contributed by atoms with E-state index in [2.05, 4.69) is 15.2 Å². The maximum atomic E-state index is 13.3. The van der Waals surface area contributed by atoms with Crippen molar-refractivity contribution in [2.75, 3.05) is 11.4 Å². The first-order chi connectivity index (χ1) is 14.4. The second-order valence-corrected chi connectivity index (χ2v) is 7.94. The highest BCUT2D eigenvalue weighted by atomic mass is 19.4. The van der Waals surface area contributed by atoms with Gasteiger partial charge >= 0.3 is 6.18 Å². The molecule has 2 fully saturated rings. The molecule has 1 aliphatic carbocycles. The third-order valence-electron chi connectivity index (χ3n) is 5.74. The third-order valence-corrected chi connectivity index (χ3v) is 5.74. The molecule has 0 amide bonds. The van der Waals surface area contributed by atoms with E-state index in [1.807, 2.05) is 17.0 Å². The Bertz CT molecular complexity index is 1140. The molecule has 0 radical (unpaired) electrons. The van der Waals surface area contributed by atoms with Crippen LogP contribution in [-0.2, 0) is 6.54 Å². The summed E-state index contributed by atoms with van der Waals surface area (Å²) in [5.41, 5.74) is 0.681. The summed E-state index contributed by atoms with van der Waals surface area (Å²) in [6, 6.07) is 9.85. The fraction of sp³-hybridized carbons (Fsp3) is 0.429. The Morgan fingerprint density at radius 1 is 1.03 bits per heavy atom. The van der Waals surface area contributed by atoms with Crippen molar-refractivity contribution < 1.29 is 13.2 Å². The van der Waals surface area contributed by atoms with Crippen LogP contribution in [0, 0.1) is 0 Å². The van der Waals surface area contributed by atoms with Crippen LogP contribution in [0.1, 0.15) is 49.2 Å². The lowest BCUT2D eigenvalue weighted by Crippen LogP contribution is -2.36. The molecule has 6 nitrogen and oxygen atoms in total. The largest absolute Gasteiger partial charge is 0.406 e. The van der Waals surface area contributed by atoms with E-state index in [1.54, 1.807) is 18.2 Å². The predicted octanol–water partition coefficient (Wildman–Crippen LogP) is 3.97. The molecule has 1 aromatic carbocycles. The first kappa shape index (κ1) is 19.0. The zero-order chi connectivity index (χ0) is 20.9. The van der Waals surface area contributed by atoms with Crippen LogP contribution in [0.3, 0.4) is 0 Å². The van der Waals surface area contributed by atoms with E-state index in [9.17, 15) is 18.0 Å². The number of rotatable bonds is 4. The Hall–Kier alpha value is -2.97. The molecule has 156 valence electrons. The zero-order valence-corrected chi connectivity index (χ0v) is 16.1. The van der Waals surface area contributed by atoms with Gasteiger partial charge in [-0.25, -0.2) is 4.98 Å². The lowest BCUT2D eigenvalue weighted by molar-refractivity contribution is -0.141. The van der Waals surface area contributed by atoms with Crippen LogP contribution < -0.4 is 10.5 Å². The number of para-hydroxylation sites is 1. The molecular formula is C21H20F3N5O. The van der Waals surface area contributed by atoms with Crippen LogP contribution in [-0.4, -0.2) is 32.5 Å². The van der Waals surface area contributed by atoms with Crippen molar-refractivity contribution in [3.63, 3.8) is 0 Å². The molecule has 0 N–H and O–H groups in total. The molecule has 1 aliphatic heterocycles. The molecule has 30 heavy (non-hydrogen) atoms. The fourth-order valence-electron chi connectivity index (χ4n) is 4.17. The van der Waals surface area contributed by atoms with E-state index >= 15 is 0 Å². The van der Waals surface area contributed by atoms with E-state index < -0.39 is 24.3 Å². The molecule has 1 saturated heterocycles. The van der Waals surface area contributed by atoms with Gasteiger partial charge in [-0.2, -0.15) is 18.3 Å². The fourth-order valence-corrected chi connectivity index (χ4v) is 4.17. The first-order valence-electron chi connectivity index (χ1n) is 10.1. The highest BCUT2D eigenvalue weighted by Crippen LogP contribution is 2.40. The summed E-state index contributed by atoms with van der Waals surface area (Å²) in [5, 5.41) is 8.81. The van der Waals surface area contributed by atoms with Gasteiger partial charge in [-0.15, -0.1) is 5.10 Å². The number of aromatic nitrogens is 4. The molecular weight excluding hydrogens is 395 g/mol. The molecule has 0 spiro atoms. The van der Waals surface area contributed by atoms with Crippen molar-refractivity contribution >= 4 is 16.7 Å². The Morgan fingerprint density at radius 2 is 1.83 bits per heavy atom. The van der Waals surface area contributed by atoms with E-state index in [0.29, 0.717) is 30.2 Å². The van der Waals surface area contributed by atoms with Crippen LogP contribution in [0.25, 0.3) is 10.9 Å². The minimum Gasteiger partial charge on any atom is -0.345 e. The molecule has 3 heterocycles. The van der Waals surface area contributed by atoms with Gasteiger partial charge in [0.15, 0.2) is 5.82 Å². The van der Waals surface area contributed by atoms with Gasteiger partial charge in [-0.05, 0) is 49.9 Å². The summed E-state index contributed by atoms with van der Waals surface area (Å²) in [6.07, 6.45) is -0.936.